The minimum atomic E-state index is -0.354. The van der Waals surface area contributed by atoms with E-state index in [-0.39, 0.29) is 11.2 Å². The van der Waals surface area contributed by atoms with E-state index in [2.05, 4.69) is 17.6 Å². The summed E-state index contributed by atoms with van der Waals surface area (Å²) in [6, 6.07) is 0. The molecule has 0 radical (unpaired) electrons. The Morgan fingerprint density at radius 1 is 1.62 bits per heavy atom. The van der Waals surface area contributed by atoms with Gasteiger partial charge in [0.25, 0.3) is 0 Å². The van der Waals surface area contributed by atoms with Crippen molar-refractivity contribution in [3.63, 3.8) is 0 Å². The van der Waals surface area contributed by atoms with Gasteiger partial charge in [0.2, 0.25) is 0 Å². The van der Waals surface area contributed by atoms with Gasteiger partial charge in [-0.3, -0.25) is 4.79 Å². The number of aromatic nitrogens is 2. The van der Waals surface area contributed by atoms with Gasteiger partial charge < -0.3 is 4.57 Å². The Balaban J connectivity index is 2.61. The molecule has 13 heavy (non-hydrogen) atoms. The second-order valence-corrected chi connectivity index (χ2v) is 4.02. The Hall–Kier alpha value is -0.770. The van der Waals surface area contributed by atoms with Gasteiger partial charge in [-0.1, -0.05) is 13.8 Å². The Morgan fingerprint density at radius 3 is 2.77 bits per heavy atom. The van der Waals surface area contributed by atoms with Crippen LogP contribution in [-0.4, -0.2) is 21.1 Å². The molecule has 0 aromatic carbocycles. The topological polar surface area (TPSA) is 34.9 Å². The smallest absolute Gasteiger partial charge is 0.158 e. The van der Waals surface area contributed by atoms with Crippen LogP contribution in [0.1, 0.15) is 13.8 Å². The average molecular weight is 198 g/mol. The van der Waals surface area contributed by atoms with Gasteiger partial charge in [-0.05, 0) is 0 Å². The predicted molar refractivity (Wildman–Crippen MR) is 54.9 cm³/mol. The molecule has 0 amide bonds. The van der Waals surface area contributed by atoms with E-state index in [1.54, 1.807) is 23.3 Å². The number of ketones is 1. The summed E-state index contributed by atoms with van der Waals surface area (Å²) >= 11 is 4.15. The molecule has 0 saturated heterocycles. The van der Waals surface area contributed by atoms with Crippen molar-refractivity contribution in [3.05, 3.63) is 18.7 Å². The molecule has 3 nitrogen and oxygen atoms in total. The van der Waals surface area contributed by atoms with Crippen molar-refractivity contribution in [3.8, 4) is 0 Å². The van der Waals surface area contributed by atoms with E-state index in [0.29, 0.717) is 12.3 Å². The van der Waals surface area contributed by atoms with Crippen LogP contribution in [-0.2, 0) is 11.3 Å². The van der Waals surface area contributed by atoms with Crippen molar-refractivity contribution in [2.75, 3.05) is 5.75 Å². The predicted octanol–water partition coefficient (Wildman–Crippen LogP) is 1.41. The third-order valence-electron chi connectivity index (χ3n) is 2.04. The zero-order valence-corrected chi connectivity index (χ0v) is 8.79. The Morgan fingerprint density at radius 2 is 2.31 bits per heavy atom. The fourth-order valence-corrected chi connectivity index (χ4v) is 1.02. The molecule has 0 aliphatic rings. The lowest BCUT2D eigenvalue weighted by molar-refractivity contribution is -0.126. The van der Waals surface area contributed by atoms with Crippen LogP contribution in [0, 0.1) is 5.41 Å². The number of hydrogen-bond acceptors (Lipinski definition) is 3. The lowest BCUT2D eigenvalue weighted by Crippen LogP contribution is -2.29. The first-order valence-corrected chi connectivity index (χ1v) is 4.79. The molecule has 0 aliphatic heterocycles. The third kappa shape index (κ3) is 2.59. The number of hydrogen-bond donors (Lipinski definition) is 1. The van der Waals surface area contributed by atoms with Gasteiger partial charge in [0.1, 0.15) is 0 Å². The molecule has 0 saturated carbocycles. The molecule has 1 aromatic rings. The summed E-state index contributed by atoms with van der Waals surface area (Å²) in [5.74, 6) is 0.751. The first-order valence-electron chi connectivity index (χ1n) is 4.16. The van der Waals surface area contributed by atoms with Crippen LogP contribution >= 0.6 is 12.6 Å². The number of Topliss-reactive ketones (excluding diaryl/α,β-unsaturated/α-hetero) is 1. The maximum atomic E-state index is 11.7. The summed E-state index contributed by atoms with van der Waals surface area (Å²) in [7, 11) is 0. The third-order valence-corrected chi connectivity index (χ3v) is 2.83. The SMILES string of the molecule is CC(C)(CS)C(=O)Cn1ccnc1. The van der Waals surface area contributed by atoms with Gasteiger partial charge >= 0.3 is 0 Å². The normalized spacial score (nSPS) is 11.6. The summed E-state index contributed by atoms with van der Waals surface area (Å²) < 4.78 is 1.77. The molecule has 1 rings (SSSR count). The first kappa shape index (κ1) is 10.3. The van der Waals surface area contributed by atoms with E-state index < -0.39 is 0 Å². The molecule has 0 unspecified atom stereocenters. The zero-order chi connectivity index (χ0) is 9.90. The van der Waals surface area contributed by atoms with E-state index in [9.17, 15) is 4.79 Å². The molecule has 0 spiro atoms. The highest BCUT2D eigenvalue weighted by Gasteiger charge is 2.25. The maximum Gasteiger partial charge on any atom is 0.158 e. The number of nitrogens with zero attached hydrogens (tertiary/aromatic N) is 2. The van der Waals surface area contributed by atoms with Crippen LogP contribution in [0.15, 0.2) is 18.7 Å². The molecule has 4 heteroatoms. The van der Waals surface area contributed by atoms with Crippen molar-refractivity contribution < 1.29 is 4.79 Å². The number of imidazole rings is 1. The zero-order valence-electron chi connectivity index (χ0n) is 7.90. The van der Waals surface area contributed by atoms with Crippen LogP contribution in [0.3, 0.4) is 0 Å². The molecule has 1 aromatic heterocycles. The standard InChI is InChI=1S/C9H14N2OS/c1-9(2,6-13)8(12)5-11-4-3-10-7-11/h3-4,7,13H,5-6H2,1-2H3. The first-order chi connectivity index (χ1) is 6.06. The molecule has 0 bridgehead atoms. The summed E-state index contributed by atoms with van der Waals surface area (Å²) in [5.41, 5.74) is -0.354. The van der Waals surface area contributed by atoms with E-state index in [1.807, 2.05) is 13.8 Å². The summed E-state index contributed by atoms with van der Waals surface area (Å²) in [6.07, 6.45) is 5.10. The molecule has 0 N–H and O–H groups in total. The van der Waals surface area contributed by atoms with Crippen molar-refractivity contribution >= 4 is 18.4 Å². The molecule has 1 heterocycles. The highest BCUT2D eigenvalue weighted by Crippen LogP contribution is 2.18. The van der Waals surface area contributed by atoms with Crippen LogP contribution < -0.4 is 0 Å². The van der Waals surface area contributed by atoms with Gasteiger partial charge in [0, 0.05) is 23.6 Å². The molecular formula is C9H14N2OS. The van der Waals surface area contributed by atoms with Crippen LogP contribution in [0.25, 0.3) is 0 Å². The van der Waals surface area contributed by atoms with Crippen LogP contribution in [0.5, 0.6) is 0 Å². The fourth-order valence-electron chi connectivity index (χ4n) is 0.848. The Kier molecular flexibility index (Phi) is 3.14. The van der Waals surface area contributed by atoms with Gasteiger partial charge in [-0.15, -0.1) is 0 Å². The molecule has 0 atom stereocenters. The fraction of sp³-hybridized carbons (Fsp3) is 0.556. The monoisotopic (exact) mass is 198 g/mol. The van der Waals surface area contributed by atoms with Crippen molar-refractivity contribution in [1.82, 2.24) is 9.55 Å². The van der Waals surface area contributed by atoms with Crippen LogP contribution in [0.2, 0.25) is 0 Å². The number of carbonyl (C=O) groups excluding carboxylic acids is 1. The number of rotatable bonds is 4. The van der Waals surface area contributed by atoms with Gasteiger partial charge in [-0.2, -0.15) is 12.6 Å². The molecular weight excluding hydrogens is 184 g/mol. The Bertz CT molecular complexity index is 280. The lowest BCUT2D eigenvalue weighted by atomic mass is 9.90. The summed E-state index contributed by atoms with van der Waals surface area (Å²) in [6.45, 7) is 4.19. The highest BCUT2D eigenvalue weighted by molar-refractivity contribution is 7.80. The highest BCUT2D eigenvalue weighted by atomic mass is 32.1. The van der Waals surface area contributed by atoms with Gasteiger partial charge in [0.15, 0.2) is 5.78 Å². The molecule has 72 valence electrons. The second-order valence-electron chi connectivity index (χ2n) is 3.70. The second kappa shape index (κ2) is 3.96. The average Bonchev–Trinajstić information content (AvgIpc) is 2.57. The van der Waals surface area contributed by atoms with E-state index in [0.717, 1.165) is 0 Å². The molecule has 0 fully saturated rings. The van der Waals surface area contributed by atoms with Gasteiger partial charge in [0.05, 0.1) is 12.9 Å². The number of thiol groups is 1. The van der Waals surface area contributed by atoms with Crippen molar-refractivity contribution in [1.29, 1.82) is 0 Å². The van der Waals surface area contributed by atoms with Crippen molar-refractivity contribution in [2.45, 2.75) is 20.4 Å². The van der Waals surface area contributed by atoms with E-state index in [4.69, 9.17) is 0 Å². The van der Waals surface area contributed by atoms with E-state index >= 15 is 0 Å². The van der Waals surface area contributed by atoms with Gasteiger partial charge in [-0.25, -0.2) is 4.98 Å². The van der Waals surface area contributed by atoms with Crippen molar-refractivity contribution in [2.24, 2.45) is 5.41 Å². The minimum absolute atomic E-state index is 0.181. The number of carbonyl (C=O) groups is 1. The summed E-state index contributed by atoms with van der Waals surface area (Å²) in [4.78, 5) is 15.5. The quantitative estimate of drug-likeness (QED) is 0.742. The largest absolute Gasteiger partial charge is 0.330 e. The lowest BCUT2D eigenvalue weighted by Gasteiger charge is -2.20. The summed E-state index contributed by atoms with van der Waals surface area (Å²) in [5, 5.41) is 0. The Labute approximate surface area is 83.6 Å². The molecule has 0 aliphatic carbocycles. The maximum absolute atomic E-state index is 11.7. The van der Waals surface area contributed by atoms with Crippen LogP contribution in [0.4, 0.5) is 0 Å². The minimum Gasteiger partial charge on any atom is -0.330 e. The van der Waals surface area contributed by atoms with E-state index in [1.165, 1.54) is 0 Å².